The third-order valence-electron chi connectivity index (χ3n) is 3.40. The summed E-state index contributed by atoms with van der Waals surface area (Å²) in [7, 11) is 0. The second-order valence-corrected chi connectivity index (χ2v) is 6.05. The fraction of sp³-hybridized carbons (Fsp3) is 0.353. The first-order chi connectivity index (χ1) is 9.88. The van der Waals surface area contributed by atoms with Crippen LogP contribution in [0.25, 0.3) is 11.0 Å². The minimum absolute atomic E-state index is 0.907. The van der Waals surface area contributed by atoms with Gasteiger partial charge in [-0.1, -0.05) is 55.5 Å². The molecule has 3 heteroatoms. The summed E-state index contributed by atoms with van der Waals surface area (Å²) in [5, 5.41) is 1.09. The molecule has 1 aromatic carbocycles. The average Bonchev–Trinajstić information content (AvgIpc) is 3.00. The lowest BCUT2D eigenvalue weighted by molar-refractivity contribution is 0.737. The van der Waals surface area contributed by atoms with E-state index in [1.807, 2.05) is 6.07 Å². The molecule has 0 aliphatic carbocycles. The van der Waals surface area contributed by atoms with E-state index in [1.54, 1.807) is 11.8 Å². The van der Waals surface area contributed by atoms with E-state index in [2.05, 4.69) is 52.6 Å². The van der Waals surface area contributed by atoms with Gasteiger partial charge in [-0.05, 0) is 24.6 Å². The van der Waals surface area contributed by atoms with E-state index in [0.29, 0.717) is 0 Å². The Hall–Kier alpha value is -1.66. The fourth-order valence-electron chi connectivity index (χ4n) is 2.33. The van der Waals surface area contributed by atoms with E-state index in [0.717, 1.165) is 23.6 Å². The van der Waals surface area contributed by atoms with Crippen LogP contribution in [0.15, 0.2) is 40.4 Å². The first-order valence-corrected chi connectivity index (χ1v) is 8.00. The van der Waals surface area contributed by atoms with Gasteiger partial charge in [-0.3, -0.25) is 0 Å². The number of thioether (sulfide) groups is 1. The Morgan fingerprint density at radius 2 is 2.25 bits per heavy atom. The molecule has 0 spiro atoms. The van der Waals surface area contributed by atoms with Gasteiger partial charge in [0, 0.05) is 11.3 Å². The zero-order chi connectivity index (χ0) is 13.8. The number of para-hydroxylation sites is 2. The van der Waals surface area contributed by atoms with Crippen molar-refractivity contribution >= 4 is 22.8 Å². The van der Waals surface area contributed by atoms with Crippen LogP contribution in [0.3, 0.4) is 0 Å². The molecule has 0 saturated heterocycles. The third kappa shape index (κ3) is 2.76. The van der Waals surface area contributed by atoms with Gasteiger partial charge < -0.3 is 4.57 Å². The molecule has 0 radical (unpaired) electrons. The van der Waals surface area contributed by atoms with Gasteiger partial charge in [-0.2, -0.15) is 0 Å². The van der Waals surface area contributed by atoms with Crippen LogP contribution < -0.4 is 0 Å². The van der Waals surface area contributed by atoms with Crippen molar-refractivity contribution in [1.82, 2.24) is 9.55 Å². The van der Waals surface area contributed by atoms with Crippen molar-refractivity contribution in [3.63, 3.8) is 0 Å². The van der Waals surface area contributed by atoms with Crippen molar-refractivity contribution in [3.05, 3.63) is 35.2 Å². The number of benzene rings is 1. The van der Waals surface area contributed by atoms with E-state index in [4.69, 9.17) is 0 Å². The summed E-state index contributed by atoms with van der Waals surface area (Å²) in [5.74, 6) is 6.42. The largest absolute Gasteiger partial charge is 0.314 e. The van der Waals surface area contributed by atoms with Gasteiger partial charge >= 0.3 is 0 Å². The molecular formula is C17H18N2S. The summed E-state index contributed by atoms with van der Waals surface area (Å²) < 4.78 is 2.27. The molecule has 1 aromatic heterocycles. The second-order valence-electron chi connectivity index (χ2n) is 4.96. The standard InChI is InChI=1S/C17H18N2S/c1-2-3-4-5-6-7-10-14-13-19-16-12-9-8-11-15(16)18-17(19)20-14/h8-12H,2-5,13H2,1H3. The predicted molar refractivity (Wildman–Crippen MR) is 85.6 cm³/mol. The smallest absolute Gasteiger partial charge is 0.174 e. The normalized spacial score (nSPS) is 15.3. The number of nitrogens with zero attached hydrogens (tertiary/aromatic N) is 2. The molecule has 0 fully saturated rings. The molecule has 2 heterocycles. The van der Waals surface area contributed by atoms with Gasteiger partial charge in [0.25, 0.3) is 0 Å². The highest BCUT2D eigenvalue weighted by Gasteiger charge is 2.20. The summed E-state index contributed by atoms with van der Waals surface area (Å²) in [4.78, 5) is 5.94. The van der Waals surface area contributed by atoms with Crippen LogP contribution in [-0.2, 0) is 6.54 Å². The topological polar surface area (TPSA) is 17.8 Å². The number of rotatable bonds is 3. The molecule has 20 heavy (non-hydrogen) atoms. The monoisotopic (exact) mass is 282 g/mol. The molecular weight excluding hydrogens is 264 g/mol. The third-order valence-corrected chi connectivity index (χ3v) is 4.40. The Balaban J connectivity index is 1.68. The van der Waals surface area contributed by atoms with Gasteiger partial charge in [-0.25, -0.2) is 4.98 Å². The van der Waals surface area contributed by atoms with Gasteiger partial charge in [0.15, 0.2) is 5.16 Å². The van der Waals surface area contributed by atoms with E-state index in [-0.39, 0.29) is 0 Å². The summed E-state index contributed by atoms with van der Waals surface area (Å²) in [6.07, 6.45) is 6.82. The Kier molecular flexibility index (Phi) is 4.13. The number of unbranched alkanes of at least 4 members (excludes halogenated alkanes) is 3. The van der Waals surface area contributed by atoms with Gasteiger partial charge in [0.2, 0.25) is 0 Å². The van der Waals surface area contributed by atoms with Crippen LogP contribution in [-0.4, -0.2) is 9.55 Å². The fourth-order valence-corrected chi connectivity index (χ4v) is 3.29. The van der Waals surface area contributed by atoms with Crippen LogP contribution in [0, 0.1) is 11.8 Å². The number of hydrogen-bond donors (Lipinski definition) is 0. The van der Waals surface area contributed by atoms with Crippen LogP contribution in [0.4, 0.5) is 0 Å². The Bertz CT molecular complexity index is 701. The highest BCUT2D eigenvalue weighted by Crippen LogP contribution is 2.37. The lowest BCUT2D eigenvalue weighted by Crippen LogP contribution is -1.91. The molecule has 1 aliphatic rings. The summed E-state index contributed by atoms with van der Waals surface area (Å²) in [5.41, 5.74) is 2.30. The van der Waals surface area contributed by atoms with Crippen LogP contribution >= 0.6 is 11.8 Å². The predicted octanol–water partition coefficient (Wildman–Crippen LogP) is 4.61. The molecule has 0 saturated carbocycles. The molecule has 2 nitrogen and oxygen atoms in total. The summed E-state index contributed by atoms with van der Waals surface area (Å²) in [6, 6.07) is 8.30. The second kappa shape index (κ2) is 6.19. The summed E-state index contributed by atoms with van der Waals surface area (Å²) >= 11 is 1.74. The first kappa shape index (κ1) is 13.3. The molecule has 3 rings (SSSR count). The maximum absolute atomic E-state index is 4.65. The quantitative estimate of drug-likeness (QED) is 0.604. The van der Waals surface area contributed by atoms with Crippen molar-refractivity contribution in [2.24, 2.45) is 0 Å². The lowest BCUT2D eigenvalue weighted by atomic mass is 10.2. The number of allylic oxidation sites excluding steroid dienone is 2. The minimum Gasteiger partial charge on any atom is -0.314 e. The van der Waals surface area contributed by atoms with E-state index in [1.165, 1.54) is 29.7 Å². The number of imidazole rings is 1. The molecule has 0 N–H and O–H groups in total. The molecule has 102 valence electrons. The van der Waals surface area contributed by atoms with Crippen molar-refractivity contribution < 1.29 is 0 Å². The van der Waals surface area contributed by atoms with E-state index in [9.17, 15) is 0 Å². The van der Waals surface area contributed by atoms with E-state index >= 15 is 0 Å². The maximum atomic E-state index is 4.65. The molecule has 0 unspecified atom stereocenters. The molecule has 0 atom stereocenters. The van der Waals surface area contributed by atoms with Crippen LogP contribution in [0.1, 0.15) is 32.6 Å². The van der Waals surface area contributed by atoms with Crippen molar-refractivity contribution in [1.29, 1.82) is 0 Å². The van der Waals surface area contributed by atoms with Gasteiger partial charge in [0.05, 0.1) is 17.6 Å². The van der Waals surface area contributed by atoms with Gasteiger partial charge in [-0.15, -0.1) is 0 Å². The maximum Gasteiger partial charge on any atom is 0.174 e. The minimum atomic E-state index is 0.907. The average molecular weight is 282 g/mol. The lowest BCUT2D eigenvalue weighted by Gasteiger charge is -1.96. The molecule has 1 aliphatic heterocycles. The highest BCUT2D eigenvalue weighted by molar-refractivity contribution is 8.03. The number of fused-ring (bicyclic) bond motifs is 3. The molecule has 0 amide bonds. The number of hydrogen-bond acceptors (Lipinski definition) is 2. The summed E-state index contributed by atoms with van der Waals surface area (Å²) in [6.45, 7) is 3.13. The Labute approximate surface area is 124 Å². The van der Waals surface area contributed by atoms with Crippen molar-refractivity contribution in [2.45, 2.75) is 44.3 Å². The number of aromatic nitrogens is 2. The first-order valence-electron chi connectivity index (χ1n) is 7.19. The Morgan fingerprint density at radius 3 is 3.15 bits per heavy atom. The highest BCUT2D eigenvalue weighted by atomic mass is 32.2. The van der Waals surface area contributed by atoms with Crippen LogP contribution in [0.5, 0.6) is 0 Å². The molecule has 2 aromatic rings. The van der Waals surface area contributed by atoms with Crippen LogP contribution in [0.2, 0.25) is 0 Å². The SMILES string of the molecule is CCCCCC#CC=C1Cn2c(nc3ccccc32)S1. The van der Waals surface area contributed by atoms with Gasteiger partial charge in [0.1, 0.15) is 0 Å². The van der Waals surface area contributed by atoms with E-state index < -0.39 is 0 Å². The Morgan fingerprint density at radius 1 is 1.35 bits per heavy atom. The van der Waals surface area contributed by atoms with Crippen molar-refractivity contribution in [2.75, 3.05) is 0 Å². The zero-order valence-corrected chi connectivity index (χ0v) is 12.5. The zero-order valence-electron chi connectivity index (χ0n) is 11.7. The van der Waals surface area contributed by atoms with Crippen molar-refractivity contribution in [3.8, 4) is 11.8 Å². The molecule has 0 bridgehead atoms.